The summed E-state index contributed by atoms with van der Waals surface area (Å²) in [5, 5.41) is 120. The number of allylic oxidation sites excluding steroid dienone is 13. The second kappa shape index (κ2) is 46.2. The number of hydrogen-bond acceptors (Lipinski definition) is 18. The SMILES string of the molecule is CC/C=C\C/C=C\C/C=C\C/C=C\C/C=C\CCCCCCCCCCCCCCCC(=O)NC(COC1OC(CO)C(OC2OC(CO)C(OC3OC(CO)C(O)C(O)C3O)C(O)C2O)C(O)C1O)C(O)/C=C/CC/C=C/CCCCC. The first-order chi connectivity index (χ1) is 40.3. The Morgan fingerprint density at radius 2 is 0.843 bits per heavy atom. The molecule has 3 aliphatic rings. The Labute approximate surface area is 495 Å². The summed E-state index contributed by atoms with van der Waals surface area (Å²) < 4.78 is 34.2. The van der Waals surface area contributed by atoms with Gasteiger partial charge in [0.05, 0.1) is 38.6 Å². The number of hydrogen-bond donors (Lipinski definition) is 12. The van der Waals surface area contributed by atoms with E-state index in [1.807, 2.05) is 6.08 Å². The zero-order chi connectivity index (χ0) is 60.5. The summed E-state index contributed by atoms with van der Waals surface area (Å²) in [6.07, 6.45) is 30.3. The Kier molecular flexibility index (Phi) is 41.3. The second-order valence-electron chi connectivity index (χ2n) is 22.1. The number of ether oxygens (including phenoxy) is 6. The lowest BCUT2D eigenvalue weighted by atomic mass is 9.96. The number of carbonyl (C=O) groups excluding carboxylic acids is 1. The van der Waals surface area contributed by atoms with Crippen molar-refractivity contribution in [2.45, 2.75) is 285 Å². The van der Waals surface area contributed by atoms with Crippen molar-refractivity contribution in [2.24, 2.45) is 0 Å². The van der Waals surface area contributed by atoms with Crippen molar-refractivity contribution in [3.63, 3.8) is 0 Å². The van der Waals surface area contributed by atoms with Crippen LogP contribution in [0.15, 0.2) is 85.1 Å². The molecule has 83 heavy (non-hydrogen) atoms. The van der Waals surface area contributed by atoms with Gasteiger partial charge in [-0.25, -0.2) is 0 Å². The smallest absolute Gasteiger partial charge is 0.220 e. The van der Waals surface area contributed by atoms with E-state index in [1.54, 1.807) is 6.08 Å². The largest absolute Gasteiger partial charge is 0.394 e. The Bertz CT molecular complexity index is 1840. The molecule has 17 unspecified atom stereocenters. The zero-order valence-electron chi connectivity index (χ0n) is 49.9. The van der Waals surface area contributed by atoms with Crippen LogP contribution in [-0.2, 0) is 33.2 Å². The highest BCUT2D eigenvalue weighted by Gasteiger charge is 2.53. The predicted molar refractivity (Wildman–Crippen MR) is 318 cm³/mol. The van der Waals surface area contributed by atoms with Gasteiger partial charge in [-0.1, -0.05) is 182 Å². The number of aliphatic hydroxyl groups excluding tert-OH is 11. The lowest BCUT2D eigenvalue weighted by Gasteiger charge is -2.48. The highest BCUT2D eigenvalue weighted by atomic mass is 16.8. The van der Waals surface area contributed by atoms with Gasteiger partial charge in [-0.3, -0.25) is 4.79 Å². The topological polar surface area (TPSA) is 307 Å². The van der Waals surface area contributed by atoms with Crippen molar-refractivity contribution in [2.75, 3.05) is 26.4 Å². The number of unbranched alkanes of at least 4 members (excludes halogenated alkanes) is 17. The molecule has 0 aromatic heterocycles. The normalized spacial score (nSPS) is 30.0. The van der Waals surface area contributed by atoms with Crippen molar-refractivity contribution >= 4 is 5.91 Å². The number of nitrogens with one attached hydrogen (secondary N) is 1. The maximum Gasteiger partial charge on any atom is 0.220 e. The summed E-state index contributed by atoms with van der Waals surface area (Å²) in [6, 6.07) is -0.992. The van der Waals surface area contributed by atoms with E-state index in [1.165, 1.54) is 57.8 Å². The van der Waals surface area contributed by atoms with E-state index in [9.17, 15) is 61.0 Å². The molecule has 19 heteroatoms. The van der Waals surface area contributed by atoms with Crippen molar-refractivity contribution in [1.82, 2.24) is 5.32 Å². The van der Waals surface area contributed by atoms with Crippen LogP contribution < -0.4 is 5.32 Å². The van der Waals surface area contributed by atoms with Crippen LogP contribution in [0.25, 0.3) is 0 Å². The molecular weight excluding hydrogens is 1070 g/mol. The summed E-state index contributed by atoms with van der Waals surface area (Å²) in [4.78, 5) is 13.3. The van der Waals surface area contributed by atoms with Crippen molar-refractivity contribution in [1.29, 1.82) is 0 Å². The molecule has 19 nitrogen and oxygen atoms in total. The average Bonchev–Trinajstić information content (AvgIpc) is 3.25. The molecule has 3 saturated heterocycles. The van der Waals surface area contributed by atoms with E-state index in [-0.39, 0.29) is 18.9 Å². The monoisotopic (exact) mass is 1180 g/mol. The van der Waals surface area contributed by atoms with Crippen LogP contribution in [-0.4, -0.2) is 193 Å². The van der Waals surface area contributed by atoms with Gasteiger partial charge in [-0.05, 0) is 77.0 Å². The van der Waals surface area contributed by atoms with Crippen LogP contribution in [0.5, 0.6) is 0 Å². The fourth-order valence-electron chi connectivity index (χ4n) is 10.1. The molecule has 478 valence electrons. The molecule has 3 aliphatic heterocycles. The Morgan fingerprint density at radius 3 is 1.35 bits per heavy atom. The van der Waals surface area contributed by atoms with E-state index in [2.05, 4.69) is 92.1 Å². The molecule has 3 fully saturated rings. The van der Waals surface area contributed by atoms with Gasteiger partial charge in [0.1, 0.15) is 73.2 Å². The van der Waals surface area contributed by atoms with Gasteiger partial charge in [-0.15, -0.1) is 0 Å². The molecule has 0 saturated carbocycles. The third-order valence-electron chi connectivity index (χ3n) is 15.2. The highest BCUT2D eigenvalue weighted by Crippen LogP contribution is 2.33. The van der Waals surface area contributed by atoms with E-state index in [0.717, 1.165) is 89.9 Å². The molecule has 0 aromatic carbocycles. The van der Waals surface area contributed by atoms with Crippen LogP contribution in [0, 0.1) is 0 Å². The Morgan fingerprint density at radius 1 is 0.446 bits per heavy atom. The molecule has 0 spiro atoms. The molecular formula is C64H109NO18. The third-order valence-corrected chi connectivity index (χ3v) is 15.2. The fraction of sp³-hybridized carbons (Fsp3) is 0.766. The lowest BCUT2D eigenvalue weighted by Crippen LogP contribution is -2.66. The quantitative estimate of drug-likeness (QED) is 0.0233. The van der Waals surface area contributed by atoms with Crippen LogP contribution in [0.3, 0.4) is 0 Å². The van der Waals surface area contributed by atoms with Gasteiger partial charge in [0, 0.05) is 6.42 Å². The minimum atomic E-state index is -1.98. The molecule has 0 bridgehead atoms. The van der Waals surface area contributed by atoms with Crippen molar-refractivity contribution in [3.05, 3.63) is 85.1 Å². The molecule has 0 radical (unpaired) electrons. The summed E-state index contributed by atoms with van der Waals surface area (Å²) in [5.74, 6) is -0.294. The zero-order valence-corrected chi connectivity index (χ0v) is 49.9. The molecule has 12 N–H and O–H groups in total. The van der Waals surface area contributed by atoms with E-state index >= 15 is 0 Å². The lowest BCUT2D eigenvalue weighted by molar-refractivity contribution is -0.379. The van der Waals surface area contributed by atoms with Gasteiger partial charge in [0.25, 0.3) is 0 Å². The standard InChI is InChI=1S/C64H109NO18/c1-3-5-7-9-11-13-14-15-16-17-18-19-20-21-22-23-24-25-26-27-28-29-30-31-32-34-36-38-40-42-52(70)65-47(48(69)41-39-37-35-33-12-10-8-6-4-2)46-78-62-58(76)55(73)60(50(44-67)80-62)83-64-59(77)56(74)61(51(45-68)81-64)82-63-57(75)54(72)53(71)49(43-66)79-63/h5,7,11-13,15-16,18-19,21-22,33,39,41,47-51,53-64,66-69,71-77H,3-4,6,8-10,14,17,20,23-32,34-38,40,42-46H2,1-2H3,(H,65,70)/b7-5-,13-11-,16-15-,19-18-,22-21-,33-12+,41-39+. The van der Waals surface area contributed by atoms with Crippen LogP contribution in [0.4, 0.5) is 0 Å². The molecule has 3 heterocycles. The first kappa shape index (κ1) is 74.2. The molecule has 17 atom stereocenters. The molecule has 1 amide bonds. The Balaban J connectivity index is 1.39. The summed E-state index contributed by atoms with van der Waals surface area (Å²) >= 11 is 0. The van der Waals surface area contributed by atoms with Gasteiger partial charge in [0.2, 0.25) is 5.91 Å². The molecule has 3 rings (SSSR count). The van der Waals surface area contributed by atoms with Crippen LogP contribution >= 0.6 is 0 Å². The van der Waals surface area contributed by atoms with Gasteiger partial charge in [0.15, 0.2) is 18.9 Å². The predicted octanol–water partition coefficient (Wildman–Crippen LogP) is 6.37. The van der Waals surface area contributed by atoms with Gasteiger partial charge in [-0.2, -0.15) is 0 Å². The maximum absolute atomic E-state index is 13.3. The van der Waals surface area contributed by atoms with Crippen molar-refractivity contribution < 1.29 is 89.4 Å². The van der Waals surface area contributed by atoms with Gasteiger partial charge < -0.3 is 89.9 Å². The number of amides is 1. The summed E-state index contributed by atoms with van der Waals surface area (Å²) in [5.41, 5.74) is 0. The second-order valence-corrected chi connectivity index (χ2v) is 22.1. The first-order valence-corrected chi connectivity index (χ1v) is 31.3. The minimum Gasteiger partial charge on any atom is -0.394 e. The summed E-state index contributed by atoms with van der Waals surface area (Å²) in [7, 11) is 0. The Hall–Kier alpha value is -3.03. The van der Waals surface area contributed by atoms with Gasteiger partial charge >= 0.3 is 0 Å². The third kappa shape index (κ3) is 29.5. The number of aliphatic hydroxyl groups is 11. The van der Waals surface area contributed by atoms with E-state index in [4.69, 9.17) is 28.4 Å². The maximum atomic E-state index is 13.3. The van der Waals surface area contributed by atoms with E-state index < -0.39 is 124 Å². The first-order valence-electron chi connectivity index (χ1n) is 31.3. The highest BCUT2D eigenvalue weighted by molar-refractivity contribution is 5.76. The number of carbonyl (C=O) groups is 1. The molecule has 0 aliphatic carbocycles. The number of rotatable bonds is 45. The average molecular weight is 1180 g/mol. The minimum absolute atomic E-state index is 0.229. The van der Waals surface area contributed by atoms with E-state index in [0.29, 0.717) is 12.8 Å². The van der Waals surface area contributed by atoms with Crippen molar-refractivity contribution in [3.8, 4) is 0 Å². The van der Waals surface area contributed by atoms with Crippen LogP contribution in [0.2, 0.25) is 0 Å². The molecule has 0 aromatic rings. The summed E-state index contributed by atoms with van der Waals surface area (Å²) in [6.45, 7) is 1.50. The van der Waals surface area contributed by atoms with Crippen LogP contribution in [0.1, 0.15) is 181 Å². The fourth-order valence-corrected chi connectivity index (χ4v) is 10.1.